The molecule has 1 amide bonds. The fourth-order valence-corrected chi connectivity index (χ4v) is 1.73. The van der Waals surface area contributed by atoms with E-state index in [9.17, 15) is 9.90 Å². The SMILES string of the molecule is CCN(CCC#N)C(=O)C1CC(O)CN1. The minimum absolute atomic E-state index is 0.00991. The zero-order valence-corrected chi connectivity index (χ0v) is 8.94. The molecule has 84 valence electrons. The maximum atomic E-state index is 11.9. The average molecular weight is 211 g/mol. The molecule has 0 bridgehead atoms. The monoisotopic (exact) mass is 211 g/mol. The summed E-state index contributed by atoms with van der Waals surface area (Å²) >= 11 is 0. The van der Waals surface area contributed by atoms with Gasteiger partial charge in [0.1, 0.15) is 0 Å². The van der Waals surface area contributed by atoms with Crippen molar-refractivity contribution in [3.8, 4) is 6.07 Å². The van der Waals surface area contributed by atoms with Crippen LogP contribution in [-0.4, -0.2) is 47.7 Å². The molecule has 1 fully saturated rings. The normalized spacial score (nSPS) is 24.9. The van der Waals surface area contributed by atoms with Crippen molar-refractivity contribution in [3.63, 3.8) is 0 Å². The van der Waals surface area contributed by atoms with Crippen LogP contribution in [0.1, 0.15) is 19.8 Å². The minimum atomic E-state index is -0.423. The Balaban J connectivity index is 2.46. The highest BCUT2D eigenvalue weighted by Gasteiger charge is 2.30. The van der Waals surface area contributed by atoms with E-state index >= 15 is 0 Å². The second-order valence-electron chi connectivity index (χ2n) is 3.68. The van der Waals surface area contributed by atoms with E-state index in [4.69, 9.17) is 5.26 Å². The molecule has 1 aliphatic rings. The van der Waals surface area contributed by atoms with Gasteiger partial charge in [-0.15, -0.1) is 0 Å². The minimum Gasteiger partial charge on any atom is -0.392 e. The van der Waals surface area contributed by atoms with E-state index < -0.39 is 6.10 Å². The first-order valence-electron chi connectivity index (χ1n) is 5.26. The van der Waals surface area contributed by atoms with Gasteiger partial charge in [-0.05, 0) is 13.3 Å². The zero-order chi connectivity index (χ0) is 11.3. The second kappa shape index (κ2) is 5.69. The molecule has 2 atom stereocenters. The van der Waals surface area contributed by atoms with Gasteiger partial charge in [-0.1, -0.05) is 0 Å². The van der Waals surface area contributed by atoms with Crippen LogP contribution in [0.5, 0.6) is 0 Å². The summed E-state index contributed by atoms with van der Waals surface area (Å²) in [6, 6.07) is 1.74. The van der Waals surface area contributed by atoms with Crippen molar-refractivity contribution in [2.75, 3.05) is 19.6 Å². The Kier molecular flexibility index (Phi) is 4.53. The quantitative estimate of drug-likeness (QED) is 0.655. The third-order valence-electron chi connectivity index (χ3n) is 2.59. The lowest BCUT2D eigenvalue weighted by Gasteiger charge is -2.23. The summed E-state index contributed by atoms with van der Waals surface area (Å²) in [6.07, 6.45) is 0.408. The van der Waals surface area contributed by atoms with Crippen molar-refractivity contribution in [2.24, 2.45) is 0 Å². The van der Waals surface area contributed by atoms with Gasteiger partial charge in [0.2, 0.25) is 5.91 Å². The van der Waals surface area contributed by atoms with Gasteiger partial charge in [0.15, 0.2) is 0 Å². The smallest absolute Gasteiger partial charge is 0.239 e. The van der Waals surface area contributed by atoms with E-state index in [1.54, 1.807) is 4.90 Å². The predicted octanol–water partition coefficient (Wildman–Crippen LogP) is -0.529. The maximum Gasteiger partial charge on any atom is 0.239 e. The Labute approximate surface area is 89.7 Å². The number of carbonyl (C=O) groups excluding carboxylic acids is 1. The lowest BCUT2D eigenvalue weighted by Crippen LogP contribution is -2.43. The Morgan fingerprint density at radius 1 is 1.73 bits per heavy atom. The van der Waals surface area contributed by atoms with Crippen LogP contribution in [-0.2, 0) is 4.79 Å². The van der Waals surface area contributed by atoms with Crippen LogP contribution < -0.4 is 5.32 Å². The first-order chi connectivity index (χ1) is 7.19. The van der Waals surface area contributed by atoms with Crippen LogP contribution in [0, 0.1) is 11.3 Å². The molecule has 0 aliphatic carbocycles. The largest absolute Gasteiger partial charge is 0.392 e. The number of nitrogens with zero attached hydrogens (tertiary/aromatic N) is 2. The topological polar surface area (TPSA) is 76.4 Å². The van der Waals surface area contributed by atoms with Gasteiger partial charge >= 0.3 is 0 Å². The molecule has 1 heterocycles. The molecule has 0 saturated carbocycles. The molecule has 0 spiro atoms. The number of nitriles is 1. The number of nitrogens with one attached hydrogen (secondary N) is 1. The highest BCUT2D eigenvalue weighted by atomic mass is 16.3. The van der Waals surface area contributed by atoms with Crippen LogP contribution in [0.3, 0.4) is 0 Å². The van der Waals surface area contributed by atoms with E-state index in [0.717, 1.165) is 0 Å². The fourth-order valence-electron chi connectivity index (χ4n) is 1.73. The molecule has 2 N–H and O–H groups in total. The van der Waals surface area contributed by atoms with Gasteiger partial charge in [-0.3, -0.25) is 4.79 Å². The summed E-state index contributed by atoms with van der Waals surface area (Å²) in [5, 5.41) is 20.7. The molecule has 0 aromatic carbocycles. The van der Waals surface area contributed by atoms with Crippen LogP contribution in [0.25, 0.3) is 0 Å². The first kappa shape index (κ1) is 12.0. The highest BCUT2D eigenvalue weighted by Crippen LogP contribution is 2.09. The van der Waals surface area contributed by atoms with Gasteiger partial charge in [-0.2, -0.15) is 5.26 Å². The van der Waals surface area contributed by atoms with Gasteiger partial charge in [-0.25, -0.2) is 0 Å². The fraction of sp³-hybridized carbons (Fsp3) is 0.800. The molecule has 2 unspecified atom stereocenters. The number of carbonyl (C=O) groups is 1. The number of aliphatic hydroxyl groups is 1. The van der Waals surface area contributed by atoms with Crippen molar-refractivity contribution < 1.29 is 9.90 Å². The van der Waals surface area contributed by atoms with Gasteiger partial charge in [0.05, 0.1) is 24.6 Å². The summed E-state index contributed by atoms with van der Waals surface area (Å²) in [5.74, 6) is -0.00991. The summed E-state index contributed by atoms with van der Waals surface area (Å²) in [4.78, 5) is 13.5. The number of aliphatic hydroxyl groups excluding tert-OH is 1. The molecule has 1 saturated heterocycles. The van der Waals surface area contributed by atoms with E-state index in [1.165, 1.54) is 0 Å². The first-order valence-corrected chi connectivity index (χ1v) is 5.26. The van der Waals surface area contributed by atoms with Crippen molar-refractivity contribution >= 4 is 5.91 Å². The Bertz CT molecular complexity index is 262. The summed E-state index contributed by atoms with van der Waals surface area (Å²) in [5.41, 5.74) is 0. The van der Waals surface area contributed by atoms with E-state index in [0.29, 0.717) is 32.5 Å². The number of amides is 1. The van der Waals surface area contributed by atoms with Crippen molar-refractivity contribution in [2.45, 2.75) is 31.9 Å². The standard InChI is InChI=1S/C10H17N3O2/c1-2-13(5-3-4-11)10(15)9-6-8(14)7-12-9/h8-9,12,14H,2-3,5-7H2,1H3. The van der Waals surface area contributed by atoms with Crippen LogP contribution in [0.4, 0.5) is 0 Å². The second-order valence-corrected chi connectivity index (χ2v) is 3.68. The molecule has 1 aliphatic heterocycles. The number of rotatable bonds is 4. The van der Waals surface area contributed by atoms with E-state index in [2.05, 4.69) is 5.32 Å². The molecular weight excluding hydrogens is 194 g/mol. The van der Waals surface area contributed by atoms with E-state index in [-0.39, 0.29) is 11.9 Å². The summed E-state index contributed by atoms with van der Waals surface area (Å²) in [7, 11) is 0. The number of likely N-dealkylation sites (N-methyl/N-ethyl adjacent to an activating group) is 1. The lowest BCUT2D eigenvalue weighted by atomic mass is 10.2. The summed E-state index contributed by atoms with van der Waals surface area (Å²) < 4.78 is 0. The predicted molar refractivity (Wildman–Crippen MR) is 54.9 cm³/mol. The number of hydrogen-bond acceptors (Lipinski definition) is 4. The summed E-state index contributed by atoms with van der Waals surface area (Å²) in [6.45, 7) is 3.45. The molecule has 5 heteroatoms. The van der Waals surface area contributed by atoms with Crippen LogP contribution in [0.2, 0.25) is 0 Å². The third kappa shape index (κ3) is 3.18. The Hall–Kier alpha value is -1.12. The van der Waals surface area contributed by atoms with E-state index in [1.807, 2.05) is 13.0 Å². The molecule has 1 rings (SSSR count). The van der Waals surface area contributed by atoms with Crippen LogP contribution in [0.15, 0.2) is 0 Å². The molecule has 0 aromatic rings. The number of β-amino-alcohol motifs (C(OH)–C–C–N with tert-alkyl or cyclic N) is 1. The van der Waals surface area contributed by atoms with Crippen molar-refractivity contribution in [3.05, 3.63) is 0 Å². The van der Waals surface area contributed by atoms with Crippen molar-refractivity contribution in [1.82, 2.24) is 10.2 Å². The molecule has 15 heavy (non-hydrogen) atoms. The van der Waals surface area contributed by atoms with Crippen molar-refractivity contribution in [1.29, 1.82) is 5.26 Å². The van der Waals surface area contributed by atoms with Gasteiger partial charge in [0, 0.05) is 19.6 Å². The molecule has 0 aromatic heterocycles. The molecular formula is C10H17N3O2. The Morgan fingerprint density at radius 3 is 2.93 bits per heavy atom. The van der Waals surface area contributed by atoms with Gasteiger partial charge in [0.25, 0.3) is 0 Å². The third-order valence-corrected chi connectivity index (χ3v) is 2.59. The lowest BCUT2D eigenvalue weighted by molar-refractivity contribution is -0.133. The highest BCUT2D eigenvalue weighted by molar-refractivity contribution is 5.82. The van der Waals surface area contributed by atoms with Gasteiger partial charge < -0.3 is 15.3 Å². The van der Waals surface area contributed by atoms with Crippen LogP contribution >= 0.6 is 0 Å². The maximum absolute atomic E-state index is 11.9. The Morgan fingerprint density at radius 2 is 2.47 bits per heavy atom. The molecule has 0 radical (unpaired) electrons. The number of hydrogen-bond donors (Lipinski definition) is 2. The molecule has 5 nitrogen and oxygen atoms in total. The average Bonchev–Trinajstić information content (AvgIpc) is 2.65. The zero-order valence-electron chi connectivity index (χ0n) is 8.94.